The van der Waals surface area contributed by atoms with Crippen molar-refractivity contribution in [2.75, 3.05) is 6.54 Å². The highest BCUT2D eigenvalue weighted by Crippen LogP contribution is 2.33. The van der Waals surface area contributed by atoms with Gasteiger partial charge >= 0.3 is 0 Å². The molecule has 1 aliphatic heterocycles. The molecular weight excluding hydrogens is 244 g/mol. The van der Waals surface area contributed by atoms with E-state index in [4.69, 9.17) is 0 Å². The van der Waals surface area contributed by atoms with E-state index in [0.717, 1.165) is 13.0 Å². The lowest BCUT2D eigenvalue weighted by Gasteiger charge is -2.33. The number of hydrogen-bond donors (Lipinski definition) is 2. The zero-order valence-electron chi connectivity index (χ0n) is 11.9. The van der Waals surface area contributed by atoms with Crippen molar-refractivity contribution in [2.24, 2.45) is 0 Å². The third-order valence-electron chi connectivity index (χ3n) is 4.97. The van der Waals surface area contributed by atoms with E-state index in [2.05, 4.69) is 40.8 Å². The topological polar surface area (TPSA) is 27.8 Å². The monoisotopic (exact) mass is 266 g/mol. The quantitative estimate of drug-likeness (QED) is 0.792. The fourth-order valence-corrected chi connectivity index (χ4v) is 3.93. The van der Waals surface area contributed by atoms with E-state index in [0.29, 0.717) is 6.04 Å². The average Bonchev–Trinajstić information content (AvgIpc) is 2.91. The van der Waals surface area contributed by atoms with Crippen molar-refractivity contribution in [1.82, 2.24) is 10.3 Å². The molecule has 0 spiro atoms. The molecule has 0 amide bonds. The summed E-state index contributed by atoms with van der Waals surface area (Å²) >= 11 is 0. The largest absolute Gasteiger partial charge is 0.361 e. The Morgan fingerprint density at radius 2 is 1.95 bits per heavy atom. The van der Waals surface area contributed by atoms with Gasteiger partial charge in [-0.3, -0.25) is 0 Å². The van der Waals surface area contributed by atoms with E-state index in [-0.39, 0.29) is 0 Å². The van der Waals surface area contributed by atoms with Gasteiger partial charge in [0.1, 0.15) is 0 Å². The van der Waals surface area contributed by atoms with Crippen molar-refractivity contribution >= 4 is 10.9 Å². The van der Waals surface area contributed by atoms with Crippen LogP contribution in [0.2, 0.25) is 0 Å². The first kappa shape index (κ1) is 12.2. The Balaban J connectivity index is 1.65. The van der Waals surface area contributed by atoms with E-state index in [1.165, 1.54) is 48.6 Å². The lowest BCUT2D eigenvalue weighted by Crippen LogP contribution is -2.39. The minimum absolute atomic E-state index is 0.568. The summed E-state index contributed by atoms with van der Waals surface area (Å²) in [6.07, 6.45) is 10.0. The third-order valence-corrected chi connectivity index (χ3v) is 4.97. The fourth-order valence-electron chi connectivity index (χ4n) is 3.93. The van der Waals surface area contributed by atoms with E-state index in [1.807, 2.05) is 0 Å². The molecule has 0 unspecified atom stereocenters. The van der Waals surface area contributed by atoms with Crippen LogP contribution in [0.1, 0.15) is 37.7 Å². The summed E-state index contributed by atoms with van der Waals surface area (Å²) in [4.78, 5) is 3.41. The number of hydrogen-bond acceptors (Lipinski definition) is 1. The number of para-hydroxylation sites is 1. The zero-order valence-corrected chi connectivity index (χ0v) is 11.9. The van der Waals surface area contributed by atoms with Gasteiger partial charge in [-0.2, -0.15) is 0 Å². The molecule has 0 bridgehead atoms. The van der Waals surface area contributed by atoms with Crippen LogP contribution < -0.4 is 5.32 Å². The van der Waals surface area contributed by atoms with E-state index in [9.17, 15) is 0 Å². The molecular formula is C18H22N2. The maximum Gasteiger partial charge on any atom is 0.0456 e. The van der Waals surface area contributed by atoms with Crippen molar-refractivity contribution in [3.05, 3.63) is 47.2 Å². The lowest BCUT2D eigenvalue weighted by atomic mass is 9.81. The first-order valence-electron chi connectivity index (χ1n) is 7.91. The summed E-state index contributed by atoms with van der Waals surface area (Å²) in [5, 5.41) is 5.14. The summed E-state index contributed by atoms with van der Waals surface area (Å²) in [6.45, 7) is 1.16. The van der Waals surface area contributed by atoms with Crippen LogP contribution in [0, 0.1) is 0 Å². The maximum absolute atomic E-state index is 3.75. The minimum atomic E-state index is 0.568. The molecule has 1 aromatic carbocycles. The first-order chi connectivity index (χ1) is 9.92. The number of nitrogens with one attached hydrogen (secondary N) is 2. The first-order valence-corrected chi connectivity index (χ1v) is 7.91. The fraction of sp³-hybridized carbons (Fsp3) is 0.444. The van der Waals surface area contributed by atoms with Crippen molar-refractivity contribution in [3.8, 4) is 0 Å². The van der Waals surface area contributed by atoms with Gasteiger partial charge in [-0.15, -0.1) is 0 Å². The molecule has 0 fully saturated rings. The SMILES string of the molecule is c1ccc2c(C[C@@H]3NCCC4=C3CCCC4)c[nH]c2c1. The van der Waals surface area contributed by atoms with E-state index in [1.54, 1.807) is 11.1 Å². The van der Waals surface area contributed by atoms with Gasteiger partial charge in [0.25, 0.3) is 0 Å². The van der Waals surface area contributed by atoms with Crippen LogP contribution in [0.15, 0.2) is 41.6 Å². The predicted molar refractivity (Wildman–Crippen MR) is 83.9 cm³/mol. The molecule has 4 rings (SSSR count). The molecule has 20 heavy (non-hydrogen) atoms. The van der Waals surface area contributed by atoms with E-state index < -0.39 is 0 Å². The van der Waals surface area contributed by atoms with Crippen molar-refractivity contribution < 1.29 is 0 Å². The van der Waals surface area contributed by atoms with Crippen LogP contribution in [0.3, 0.4) is 0 Å². The number of fused-ring (bicyclic) bond motifs is 1. The van der Waals surface area contributed by atoms with Gasteiger partial charge in [-0.1, -0.05) is 29.3 Å². The summed E-state index contributed by atoms with van der Waals surface area (Å²) in [6, 6.07) is 9.21. The molecule has 1 aromatic heterocycles. The second-order valence-corrected chi connectivity index (χ2v) is 6.16. The molecule has 2 aliphatic rings. The van der Waals surface area contributed by atoms with Crippen LogP contribution >= 0.6 is 0 Å². The molecule has 1 aliphatic carbocycles. The molecule has 2 nitrogen and oxygen atoms in total. The standard InChI is InChI=1S/C18H22N2/c1-2-6-15-13(5-1)9-10-19-18(15)11-14-12-20-17-8-4-3-7-16(14)17/h3-4,7-8,12,18-20H,1-2,5-6,9-11H2/t18-/m0/s1. The molecule has 0 saturated heterocycles. The van der Waals surface area contributed by atoms with Gasteiger partial charge in [-0.25, -0.2) is 0 Å². The van der Waals surface area contributed by atoms with Gasteiger partial charge in [-0.05, 0) is 56.7 Å². The van der Waals surface area contributed by atoms with Crippen molar-refractivity contribution in [1.29, 1.82) is 0 Å². The van der Waals surface area contributed by atoms with Crippen molar-refractivity contribution in [3.63, 3.8) is 0 Å². The Labute approximate surface area is 120 Å². The van der Waals surface area contributed by atoms with Crippen LogP contribution in [-0.2, 0) is 6.42 Å². The molecule has 2 heteroatoms. The highest BCUT2D eigenvalue weighted by molar-refractivity contribution is 5.83. The molecule has 2 heterocycles. The summed E-state index contributed by atoms with van der Waals surface area (Å²) in [5.74, 6) is 0. The Hall–Kier alpha value is -1.54. The van der Waals surface area contributed by atoms with Crippen LogP contribution in [-0.4, -0.2) is 17.6 Å². The Bertz CT molecular complexity index is 646. The smallest absolute Gasteiger partial charge is 0.0456 e. The number of rotatable bonds is 2. The van der Waals surface area contributed by atoms with Gasteiger partial charge in [0, 0.05) is 23.1 Å². The number of aromatic amines is 1. The van der Waals surface area contributed by atoms with Crippen LogP contribution in [0.4, 0.5) is 0 Å². The molecule has 2 N–H and O–H groups in total. The molecule has 1 atom stereocenters. The Morgan fingerprint density at radius 3 is 2.95 bits per heavy atom. The second-order valence-electron chi connectivity index (χ2n) is 6.16. The normalized spacial score (nSPS) is 23.1. The second kappa shape index (κ2) is 5.10. The predicted octanol–water partition coefficient (Wildman–Crippen LogP) is 3.94. The average molecular weight is 266 g/mol. The maximum atomic E-state index is 3.75. The van der Waals surface area contributed by atoms with Gasteiger partial charge in [0.2, 0.25) is 0 Å². The summed E-state index contributed by atoms with van der Waals surface area (Å²) < 4.78 is 0. The summed E-state index contributed by atoms with van der Waals surface area (Å²) in [7, 11) is 0. The zero-order chi connectivity index (χ0) is 13.4. The number of aromatic nitrogens is 1. The van der Waals surface area contributed by atoms with Crippen LogP contribution in [0.5, 0.6) is 0 Å². The highest BCUT2D eigenvalue weighted by Gasteiger charge is 2.25. The van der Waals surface area contributed by atoms with Crippen molar-refractivity contribution in [2.45, 2.75) is 44.6 Å². The minimum Gasteiger partial charge on any atom is -0.361 e. The molecule has 104 valence electrons. The number of H-pyrrole nitrogens is 1. The van der Waals surface area contributed by atoms with Gasteiger partial charge < -0.3 is 10.3 Å². The third kappa shape index (κ3) is 2.08. The van der Waals surface area contributed by atoms with Crippen LogP contribution in [0.25, 0.3) is 10.9 Å². The highest BCUT2D eigenvalue weighted by atomic mass is 14.9. The number of benzene rings is 1. The summed E-state index contributed by atoms with van der Waals surface area (Å²) in [5.41, 5.74) is 6.21. The Kier molecular flexibility index (Phi) is 3.12. The molecule has 0 radical (unpaired) electrons. The lowest BCUT2D eigenvalue weighted by molar-refractivity contribution is 0.475. The van der Waals surface area contributed by atoms with Gasteiger partial charge in [0.05, 0.1) is 0 Å². The van der Waals surface area contributed by atoms with Gasteiger partial charge in [0.15, 0.2) is 0 Å². The Morgan fingerprint density at radius 1 is 1.05 bits per heavy atom. The van der Waals surface area contributed by atoms with E-state index >= 15 is 0 Å². The molecule has 2 aromatic rings. The molecule has 0 saturated carbocycles.